The molecule has 1 saturated heterocycles. The number of hydrogen-bond acceptors (Lipinski definition) is 4. The summed E-state index contributed by atoms with van der Waals surface area (Å²) >= 11 is 0. The maximum Gasteiger partial charge on any atom is 0.319 e. The number of fused-ring (bicyclic) bond motifs is 1. The summed E-state index contributed by atoms with van der Waals surface area (Å²) in [6, 6.07) is 9.61. The Morgan fingerprint density at radius 3 is 2.54 bits per heavy atom. The molecule has 1 aliphatic heterocycles. The van der Waals surface area contributed by atoms with Crippen LogP contribution in [0.2, 0.25) is 0 Å². The van der Waals surface area contributed by atoms with Crippen LogP contribution in [0.15, 0.2) is 36.4 Å². The van der Waals surface area contributed by atoms with Gasteiger partial charge in [0.2, 0.25) is 0 Å². The van der Waals surface area contributed by atoms with E-state index >= 15 is 0 Å². The van der Waals surface area contributed by atoms with E-state index in [1.165, 1.54) is 24.8 Å². The number of ether oxygens (including phenoxy) is 2. The van der Waals surface area contributed by atoms with Crippen LogP contribution in [-0.2, 0) is 5.41 Å². The standard InChI is InChI=1S/C27H33F2N3O3/c1-34-23-9-6-17(14-24(23)35-2)27-11-10-19(16-25(27)32(13-12-27)20-4-3-5-20)30-26(33)31-22-15-18(28)7-8-21(22)29/h6-9,14-15,19-20,25H,3-5,10-13,16H2,1-2H3,(H2,30,31,33). The smallest absolute Gasteiger partial charge is 0.319 e. The fourth-order valence-electron chi connectivity index (χ4n) is 6.29. The molecule has 3 unspecified atom stereocenters. The number of likely N-dealkylation sites (tertiary alicyclic amines) is 1. The van der Waals surface area contributed by atoms with Crippen molar-refractivity contribution in [3.63, 3.8) is 0 Å². The molecule has 2 amide bonds. The van der Waals surface area contributed by atoms with E-state index in [1.54, 1.807) is 14.2 Å². The van der Waals surface area contributed by atoms with Crippen LogP contribution in [0.1, 0.15) is 50.5 Å². The molecule has 188 valence electrons. The Labute approximate surface area is 205 Å². The molecule has 2 aliphatic carbocycles. The van der Waals surface area contributed by atoms with Crippen molar-refractivity contribution in [3.8, 4) is 11.5 Å². The third kappa shape index (κ3) is 4.44. The number of carbonyl (C=O) groups excluding carboxylic acids is 1. The Hall–Kier alpha value is -2.87. The number of rotatable bonds is 6. The molecule has 6 nitrogen and oxygen atoms in total. The van der Waals surface area contributed by atoms with Crippen LogP contribution < -0.4 is 20.1 Å². The number of nitrogens with zero attached hydrogens (tertiary/aromatic N) is 1. The monoisotopic (exact) mass is 485 g/mol. The lowest BCUT2D eigenvalue weighted by molar-refractivity contribution is 0.0646. The largest absolute Gasteiger partial charge is 0.493 e. The molecule has 1 heterocycles. The van der Waals surface area contributed by atoms with Gasteiger partial charge in [0.25, 0.3) is 0 Å². The molecule has 0 spiro atoms. The third-order valence-electron chi connectivity index (χ3n) is 8.31. The van der Waals surface area contributed by atoms with Crippen molar-refractivity contribution in [3.05, 3.63) is 53.6 Å². The molecule has 0 radical (unpaired) electrons. The molecular formula is C27H33F2N3O3. The molecule has 3 atom stereocenters. The first-order valence-electron chi connectivity index (χ1n) is 12.4. The van der Waals surface area contributed by atoms with Crippen LogP contribution in [-0.4, -0.2) is 49.8 Å². The normalized spacial score (nSPS) is 26.5. The number of methoxy groups -OCH3 is 2. The minimum absolute atomic E-state index is 0.0154. The topological polar surface area (TPSA) is 62.8 Å². The van der Waals surface area contributed by atoms with E-state index in [4.69, 9.17) is 9.47 Å². The van der Waals surface area contributed by atoms with Gasteiger partial charge < -0.3 is 20.1 Å². The Kier molecular flexibility index (Phi) is 6.57. The zero-order chi connectivity index (χ0) is 24.6. The van der Waals surface area contributed by atoms with Crippen molar-refractivity contribution >= 4 is 11.7 Å². The Balaban J connectivity index is 1.36. The van der Waals surface area contributed by atoms with Crippen LogP contribution in [0.5, 0.6) is 11.5 Å². The van der Waals surface area contributed by atoms with E-state index in [9.17, 15) is 13.6 Å². The molecule has 3 aliphatic rings. The van der Waals surface area contributed by atoms with Gasteiger partial charge in [-0.2, -0.15) is 0 Å². The van der Waals surface area contributed by atoms with Crippen molar-refractivity contribution in [2.45, 2.75) is 68.5 Å². The Morgan fingerprint density at radius 2 is 1.83 bits per heavy atom. The lowest BCUT2D eigenvalue weighted by atomic mass is 9.64. The summed E-state index contributed by atoms with van der Waals surface area (Å²) < 4.78 is 38.6. The van der Waals surface area contributed by atoms with Crippen LogP contribution in [0, 0.1) is 11.6 Å². The van der Waals surface area contributed by atoms with Crippen molar-refractivity contribution in [2.24, 2.45) is 0 Å². The van der Waals surface area contributed by atoms with E-state index in [1.807, 2.05) is 6.07 Å². The number of urea groups is 1. The van der Waals surface area contributed by atoms with Crippen molar-refractivity contribution in [1.82, 2.24) is 10.2 Å². The summed E-state index contributed by atoms with van der Waals surface area (Å²) in [6.07, 6.45) is 7.31. The van der Waals surface area contributed by atoms with Gasteiger partial charge in [0, 0.05) is 29.6 Å². The number of carbonyl (C=O) groups is 1. The summed E-state index contributed by atoms with van der Waals surface area (Å²) in [5.41, 5.74) is 1.08. The number of amides is 2. The fraction of sp³-hybridized carbons (Fsp3) is 0.519. The third-order valence-corrected chi connectivity index (χ3v) is 8.31. The maximum atomic E-state index is 14.0. The van der Waals surface area contributed by atoms with E-state index < -0.39 is 17.7 Å². The first-order valence-corrected chi connectivity index (χ1v) is 12.4. The minimum Gasteiger partial charge on any atom is -0.493 e. The van der Waals surface area contributed by atoms with E-state index in [0.29, 0.717) is 6.04 Å². The van der Waals surface area contributed by atoms with Gasteiger partial charge in [0.05, 0.1) is 19.9 Å². The van der Waals surface area contributed by atoms with Gasteiger partial charge in [-0.25, -0.2) is 13.6 Å². The van der Waals surface area contributed by atoms with Crippen molar-refractivity contribution in [1.29, 1.82) is 0 Å². The summed E-state index contributed by atoms with van der Waals surface area (Å²) in [5, 5.41) is 5.50. The highest BCUT2D eigenvalue weighted by Crippen LogP contribution is 2.52. The Bertz CT molecular complexity index is 1090. The highest BCUT2D eigenvalue weighted by molar-refractivity contribution is 5.89. The van der Waals surface area contributed by atoms with E-state index in [2.05, 4.69) is 27.7 Å². The molecule has 5 rings (SSSR count). The zero-order valence-electron chi connectivity index (χ0n) is 20.3. The molecule has 8 heteroatoms. The number of halogens is 2. The SMILES string of the molecule is COc1ccc(C23CCC(NC(=O)Nc4cc(F)ccc4F)CC2N(C2CCC2)CC3)cc1OC. The minimum atomic E-state index is -0.662. The number of benzene rings is 2. The molecule has 0 bridgehead atoms. The molecule has 3 fully saturated rings. The summed E-state index contributed by atoms with van der Waals surface area (Å²) in [6.45, 7) is 1.04. The lowest BCUT2D eigenvalue weighted by Gasteiger charge is -2.48. The van der Waals surface area contributed by atoms with Gasteiger partial charge in [-0.1, -0.05) is 12.5 Å². The molecule has 2 saturated carbocycles. The second kappa shape index (κ2) is 9.64. The summed E-state index contributed by atoms with van der Waals surface area (Å²) in [5.74, 6) is 0.192. The second-order valence-corrected chi connectivity index (χ2v) is 10.0. The molecule has 0 aromatic heterocycles. The summed E-state index contributed by atoms with van der Waals surface area (Å²) in [4.78, 5) is 15.3. The Morgan fingerprint density at radius 1 is 1.03 bits per heavy atom. The number of hydrogen-bond donors (Lipinski definition) is 2. The van der Waals surface area contributed by atoms with Crippen molar-refractivity contribution in [2.75, 3.05) is 26.1 Å². The van der Waals surface area contributed by atoms with E-state index in [-0.39, 0.29) is 23.2 Å². The number of anilines is 1. The predicted molar refractivity (Wildman–Crippen MR) is 130 cm³/mol. The quantitative estimate of drug-likeness (QED) is 0.589. The average molecular weight is 486 g/mol. The van der Waals surface area contributed by atoms with Gasteiger partial charge in [0.15, 0.2) is 11.5 Å². The second-order valence-electron chi connectivity index (χ2n) is 10.0. The molecule has 2 aromatic rings. The highest BCUT2D eigenvalue weighted by atomic mass is 19.1. The fourth-order valence-corrected chi connectivity index (χ4v) is 6.29. The maximum absolute atomic E-state index is 14.0. The summed E-state index contributed by atoms with van der Waals surface area (Å²) in [7, 11) is 3.30. The van der Waals surface area contributed by atoms with Gasteiger partial charge >= 0.3 is 6.03 Å². The lowest BCUT2D eigenvalue weighted by Crippen LogP contribution is -2.55. The number of nitrogens with one attached hydrogen (secondary N) is 2. The van der Waals surface area contributed by atoms with Crippen LogP contribution in [0.4, 0.5) is 19.3 Å². The van der Waals surface area contributed by atoms with Gasteiger partial charge in [-0.05, 0) is 74.9 Å². The first-order chi connectivity index (χ1) is 16.9. The highest BCUT2D eigenvalue weighted by Gasteiger charge is 2.53. The van der Waals surface area contributed by atoms with Gasteiger partial charge in [0.1, 0.15) is 11.6 Å². The van der Waals surface area contributed by atoms with Gasteiger partial charge in [-0.3, -0.25) is 4.90 Å². The van der Waals surface area contributed by atoms with Gasteiger partial charge in [-0.15, -0.1) is 0 Å². The van der Waals surface area contributed by atoms with Crippen molar-refractivity contribution < 1.29 is 23.0 Å². The molecule has 2 N–H and O–H groups in total. The van der Waals surface area contributed by atoms with Crippen LogP contribution >= 0.6 is 0 Å². The van der Waals surface area contributed by atoms with Crippen LogP contribution in [0.3, 0.4) is 0 Å². The van der Waals surface area contributed by atoms with E-state index in [0.717, 1.165) is 61.9 Å². The first kappa shape index (κ1) is 23.9. The zero-order valence-corrected chi connectivity index (χ0v) is 20.3. The average Bonchev–Trinajstić information content (AvgIpc) is 3.19. The molecule has 35 heavy (non-hydrogen) atoms. The molecule has 2 aromatic carbocycles. The predicted octanol–water partition coefficient (Wildman–Crippen LogP) is 5.22. The van der Waals surface area contributed by atoms with Crippen LogP contribution in [0.25, 0.3) is 0 Å². The molecular weight excluding hydrogens is 452 g/mol.